The van der Waals surface area contributed by atoms with Gasteiger partial charge in [0.2, 0.25) is 0 Å². The maximum absolute atomic E-state index is 9.74. The Hall–Kier alpha value is -0.480. The van der Waals surface area contributed by atoms with Crippen molar-refractivity contribution < 1.29 is 9.84 Å². The Labute approximate surface area is 131 Å². The topological polar surface area (TPSA) is 29.5 Å². The Bertz CT molecular complexity index is 429. The number of phenols is 1. The van der Waals surface area contributed by atoms with Crippen molar-refractivity contribution in [2.24, 2.45) is 0 Å². The van der Waals surface area contributed by atoms with Gasteiger partial charge in [-0.1, -0.05) is 47.6 Å². The van der Waals surface area contributed by atoms with Gasteiger partial charge in [0.25, 0.3) is 0 Å². The van der Waals surface area contributed by atoms with Crippen molar-refractivity contribution in [2.75, 3.05) is 7.11 Å². The molecule has 0 spiro atoms. The number of methoxy groups -OCH3 is 1. The number of hydrogen-bond donors (Lipinski definition) is 1. The van der Waals surface area contributed by atoms with Crippen LogP contribution in [0.2, 0.25) is 0 Å². The molecule has 0 radical (unpaired) electrons. The number of thioether (sulfide) groups is 2. The maximum Gasteiger partial charge on any atom is 0.160 e. The molecule has 1 rings (SSSR count). The lowest BCUT2D eigenvalue weighted by Crippen LogP contribution is -2.15. The van der Waals surface area contributed by atoms with Gasteiger partial charge in [-0.3, -0.25) is 0 Å². The average molecular weight is 315 g/mol. The van der Waals surface area contributed by atoms with Crippen LogP contribution < -0.4 is 4.74 Å². The van der Waals surface area contributed by atoms with E-state index in [1.807, 2.05) is 35.7 Å². The van der Waals surface area contributed by atoms with Gasteiger partial charge in [-0.2, -0.15) is 0 Å². The Morgan fingerprint density at radius 3 is 1.90 bits per heavy atom. The van der Waals surface area contributed by atoms with Crippen LogP contribution >= 0.6 is 23.5 Å². The second-order valence-electron chi connectivity index (χ2n) is 6.72. The minimum atomic E-state index is 0.175. The summed E-state index contributed by atoms with van der Waals surface area (Å²) in [4.78, 5) is 0. The van der Waals surface area contributed by atoms with Crippen LogP contribution in [0.3, 0.4) is 0 Å². The van der Waals surface area contributed by atoms with Gasteiger partial charge in [0.15, 0.2) is 11.5 Å². The zero-order valence-electron chi connectivity index (χ0n) is 13.5. The summed E-state index contributed by atoms with van der Waals surface area (Å²) in [6.45, 7) is 13.4. The predicted octanol–water partition coefficient (Wildman–Crippen LogP) is 5.46. The van der Waals surface area contributed by atoms with Crippen LogP contribution in [0.4, 0.5) is 0 Å². The summed E-state index contributed by atoms with van der Waals surface area (Å²) in [5.74, 6) is 0.730. The molecule has 0 saturated carbocycles. The quantitative estimate of drug-likeness (QED) is 0.747. The first-order valence-corrected chi connectivity index (χ1v) is 8.50. The smallest absolute Gasteiger partial charge is 0.160 e. The zero-order valence-corrected chi connectivity index (χ0v) is 15.1. The first kappa shape index (κ1) is 17.6. The van der Waals surface area contributed by atoms with Crippen molar-refractivity contribution in [1.82, 2.24) is 0 Å². The fraction of sp³-hybridized carbons (Fsp3) is 0.625. The maximum atomic E-state index is 9.74. The lowest BCUT2D eigenvalue weighted by Gasteiger charge is -2.31. The van der Waals surface area contributed by atoms with Crippen molar-refractivity contribution in [2.45, 2.75) is 55.6 Å². The number of hydrogen-bond acceptors (Lipinski definition) is 4. The molecule has 114 valence electrons. The number of aromatic hydroxyl groups is 1. The fourth-order valence-corrected chi connectivity index (χ4v) is 5.42. The number of phenolic OH excluding ortho intramolecular Hbond substituents is 1. The predicted molar refractivity (Wildman–Crippen MR) is 92.1 cm³/mol. The van der Waals surface area contributed by atoms with Crippen molar-refractivity contribution in [3.63, 3.8) is 0 Å². The summed E-state index contributed by atoms with van der Waals surface area (Å²) in [7, 11) is 1.58. The van der Waals surface area contributed by atoms with E-state index in [0.29, 0.717) is 10.3 Å². The third kappa shape index (κ3) is 5.88. The normalized spacial score (nSPS) is 12.8. The van der Waals surface area contributed by atoms with E-state index < -0.39 is 0 Å². The van der Waals surface area contributed by atoms with Crippen molar-refractivity contribution in [3.8, 4) is 11.5 Å². The van der Waals surface area contributed by atoms with Crippen molar-refractivity contribution >= 4 is 23.5 Å². The van der Waals surface area contributed by atoms with Gasteiger partial charge in [-0.25, -0.2) is 0 Å². The van der Waals surface area contributed by atoms with E-state index in [0.717, 1.165) is 0 Å². The molecule has 1 N–H and O–H groups in total. The molecule has 0 aromatic heterocycles. The van der Waals surface area contributed by atoms with Gasteiger partial charge in [0.05, 0.1) is 11.7 Å². The monoisotopic (exact) mass is 314 g/mol. The highest BCUT2D eigenvalue weighted by Crippen LogP contribution is 2.51. The third-order valence-corrected chi connectivity index (χ3v) is 5.36. The molecule has 0 aliphatic heterocycles. The summed E-state index contributed by atoms with van der Waals surface area (Å²) in [5.41, 5.74) is 1.18. The largest absolute Gasteiger partial charge is 0.504 e. The number of benzene rings is 1. The molecule has 0 fully saturated rings. The Morgan fingerprint density at radius 2 is 1.50 bits per heavy atom. The van der Waals surface area contributed by atoms with E-state index in [4.69, 9.17) is 4.74 Å². The lowest BCUT2D eigenvalue weighted by molar-refractivity contribution is 0.373. The summed E-state index contributed by atoms with van der Waals surface area (Å²) in [5, 5.41) is 9.74. The number of ether oxygens (including phenoxy) is 1. The molecule has 0 bridgehead atoms. The molecule has 0 amide bonds. The lowest BCUT2D eigenvalue weighted by atomic mass is 10.2. The van der Waals surface area contributed by atoms with E-state index in [2.05, 4.69) is 41.5 Å². The second kappa shape index (κ2) is 6.52. The van der Waals surface area contributed by atoms with Crippen LogP contribution in [-0.2, 0) is 0 Å². The SMILES string of the molecule is COc1cc(C(SC(C)(C)C)SC(C)(C)C)ccc1O. The standard InChI is InChI=1S/C16H26O2S2/c1-15(2,3)19-14(20-16(4,5)6)11-8-9-12(17)13(10-11)18-7/h8-10,14,17H,1-7H3. The molecule has 0 aliphatic rings. The molecule has 4 heteroatoms. The summed E-state index contributed by atoms with van der Waals surface area (Å²) < 4.78 is 5.89. The van der Waals surface area contributed by atoms with Crippen molar-refractivity contribution in [3.05, 3.63) is 23.8 Å². The molecule has 0 saturated heterocycles. The van der Waals surface area contributed by atoms with Crippen LogP contribution in [0.25, 0.3) is 0 Å². The molecular weight excluding hydrogens is 288 g/mol. The van der Waals surface area contributed by atoms with Crippen LogP contribution in [0.1, 0.15) is 51.7 Å². The summed E-state index contributed by atoms with van der Waals surface area (Å²) in [6.07, 6.45) is 0. The van der Waals surface area contributed by atoms with Crippen molar-refractivity contribution in [1.29, 1.82) is 0 Å². The highest BCUT2D eigenvalue weighted by molar-refractivity contribution is 8.17. The Kier molecular flexibility index (Phi) is 5.73. The summed E-state index contributed by atoms with van der Waals surface area (Å²) in [6, 6.07) is 5.64. The molecule has 2 nitrogen and oxygen atoms in total. The minimum absolute atomic E-state index is 0.175. The Morgan fingerprint density at radius 1 is 1.00 bits per heavy atom. The molecule has 20 heavy (non-hydrogen) atoms. The highest BCUT2D eigenvalue weighted by Gasteiger charge is 2.26. The third-order valence-electron chi connectivity index (χ3n) is 2.40. The zero-order chi connectivity index (χ0) is 15.6. The van der Waals surface area contributed by atoms with E-state index >= 15 is 0 Å². The molecule has 0 unspecified atom stereocenters. The molecule has 1 aromatic rings. The van der Waals surface area contributed by atoms with Gasteiger partial charge in [-0.15, -0.1) is 23.5 Å². The second-order valence-corrected chi connectivity index (χ2v) is 10.9. The van der Waals surface area contributed by atoms with Gasteiger partial charge < -0.3 is 9.84 Å². The summed E-state index contributed by atoms with van der Waals surface area (Å²) >= 11 is 3.87. The first-order valence-electron chi connectivity index (χ1n) is 6.74. The minimum Gasteiger partial charge on any atom is -0.504 e. The van der Waals surface area contributed by atoms with Crippen LogP contribution in [0, 0.1) is 0 Å². The molecular formula is C16H26O2S2. The number of rotatable bonds is 4. The van der Waals surface area contributed by atoms with Crippen LogP contribution in [0.15, 0.2) is 18.2 Å². The van der Waals surface area contributed by atoms with Crippen LogP contribution in [-0.4, -0.2) is 21.7 Å². The fourth-order valence-electron chi connectivity index (χ4n) is 1.64. The Balaban J connectivity index is 3.09. The van der Waals surface area contributed by atoms with Gasteiger partial charge in [0, 0.05) is 9.49 Å². The van der Waals surface area contributed by atoms with Gasteiger partial charge >= 0.3 is 0 Å². The van der Waals surface area contributed by atoms with Crippen LogP contribution in [0.5, 0.6) is 11.5 Å². The van der Waals surface area contributed by atoms with Gasteiger partial charge in [-0.05, 0) is 17.7 Å². The van der Waals surface area contributed by atoms with E-state index in [1.54, 1.807) is 13.2 Å². The van der Waals surface area contributed by atoms with Gasteiger partial charge in [0.1, 0.15) is 0 Å². The van der Waals surface area contributed by atoms with E-state index in [9.17, 15) is 5.11 Å². The average Bonchev–Trinajstić information content (AvgIpc) is 2.25. The first-order chi connectivity index (χ1) is 9.02. The highest BCUT2D eigenvalue weighted by atomic mass is 32.2. The van der Waals surface area contributed by atoms with E-state index in [1.165, 1.54) is 5.56 Å². The molecule has 0 aliphatic carbocycles. The molecule has 0 heterocycles. The molecule has 0 atom stereocenters. The molecule has 1 aromatic carbocycles. The van der Waals surface area contributed by atoms with E-state index in [-0.39, 0.29) is 15.2 Å².